The first-order valence-corrected chi connectivity index (χ1v) is 5.69. The van der Waals surface area contributed by atoms with E-state index >= 15 is 0 Å². The second-order valence-corrected chi connectivity index (χ2v) is 4.29. The van der Waals surface area contributed by atoms with Gasteiger partial charge in [0.1, 0.15) is 5.75 Å². The Bertz CT molecular complexity index is 646. The Morgan fingerprint density at radius 3 is 2.74 bits per heavy atom. The van der Waals surface area contributed by atoms with Gasteiger partial charge in [0, 0.05) is 18.3 Å². The number of hydrogen-bond donors (Lipinski definition) is 1. The summed E-state index contributed by atoms with van der Waals surface area (Å²) in [6.45, 7) is 1.85. The Morgan fingerprint density at radius 1 is 1.42 bits per heavy atom. The molecule has 0 spiro atoms. The van der Waals surface area contributed by atoms with Gasteiger partial charge in [-0.25, -0.2) is 4.98 Å². The van der Waals surface area contributed by atoms with Crippen molar-refractivity contribution in [3.8, 4) is 11.6 Å². The number of hydrogen-bond acceptors (Lipinski definition) is 5. The van der Waals surface area contributed by atoms with E-state index in [-0.39, 0.29) is 22.3 Å². The predicted octanol–water partition coefficient (Wildman–Crippen LogP) is 3.33. The molecule has 0 aliphatic heterocycles. The maximum Gasteiger partial charge on any atom is 0.271 e. The van der Waals surface area contributed by atoms with Gasteiger partial charge < -0.3 is 10.5 Å². The van der Waals surface area contributed by atoms with Gasteiger partial charge in [0.15, 0.2) is 0 Å². The molecule has 2 N–H and O–H groups in total. The van der Waals surface area contributed by atoms with Gasteiger partial charge >= 0.3 is 0 Å². The minimum absolute atomic E-state index is 0.109. The van der Waals surface area contributed by atoms with Gasteiger partial charge in [-0.1, -0.05) is 11.6 Å². The molecule has 0 aliphatic rings. The maximum absolute atomic E-state index is 10.6. The predicted molar refractivity (Wildman–Crippen MR) is 71.6 cm³/mol. The van der Waals surface area contributed by atoms with E-state index in [0.717, 1.165) is 5.56 Å². The highest BCUT2D eigenvalue weighted by Gasteiger charge is 2.12. The fraction of sp³-hybridized carbons (Fsp3) is 0.0833. The molecule has 0 fully saturated rings. The van der Waals surface area contributed by atoms with Gasteiger partial charge in [0.2, 0.25) is 5.88 Å². The van der Waals surface area contributed by atoms with E-state index in [4.69, 9.17) is 22.1 Å². The number of rotatable bonds is 3. The number of nitro benzene ring substituents is 1. The summed E-state index contributed by atoms with van der Waals surface area (Å²) in [5.41, 5.74) is 6.92. The molecule has 1 aromatic heterocycles. The zero-order valence-corrected chi connectivity index (χ0v) is 10.7. The molecule has 19 heavy (non-hydrogen) atoms. The lowest BCUT2D eigenvalue weighted by molar-refractivity contribution is -0.384. The average molecular weight is 280 g/mol. The van der Waals surface area contributed by atoms with Crippen molar-refractivity contribution < 1.29 is 9.66 Å². The summed E-state index contributed by atoms with van der Waals surface area (Å²) >= 11 is 5.91. The number of nitro groups is 1. The van der Waals surface area contributed by atoms with E-state index in [1.54, 1.807) is 12.3 Å². The number of pyridine rings is 1. The summed E-state index contributed by atoms with van der Waals surface area (Å²) in [6, 6.07) is 5.62. The summed E-state index contributed by atoms with van der Waals surface area (Å²) in [4.78, 5) is 14.1. The van der Waals surface area contributed by atoms with Crippen LogP contribution < -0.4 is 10.5 Å². The fourth-order valence-corrected chi connectivity index (χ4v) is 1.67. The lowest BCUT2D eigenvalue weighted by Crippen LogP contribution is -1.96. The van der Waals surface area contributed by atoms with Gasteiger partial charge in [0.25, 0.3) is 5.69 Å². The van der Waals surface area contributed by atoms with Crippen molar-refractivity contribution in [2.24, 2.45) is 0 Å². The van der Waals surface area contributed by atoms with Crippen LogP contribution in [0.1, 0.15) is 5.56 Å². The third-order valence-corrected chi connectivity index (χ3v) is 2.64. The molecular weight excluding hydrogens is 270 g/mol. The van der Waals surface area contributed by atoms with Crippen LogP contribution in [-0.2, 0) is 0 Å². The molecule has 0 amide bonds. The van der Waals surface area contributed by atoms with Crippen LogP contribution in [0.2, 0.25) is 5.02 Å². The van der Waals surface area contributed by atoms with E-state index < -0.39 is 4.92 Å². The first kappa shape index (κ1) is 13.1. The van der Waals surface area contributed by atoms with Crippen molar-refractivity contribution in [2.75, 3.05) is 5.73 Å². The van der Waals surface area contributed by atoms with Crippen molar-refractivity contribution in [3.63, 3.8) is 0 Å². The molecule has 1 aromatic carbocycles. The van der Waals surface area contributed by atoms with Gasteiger partial charge in [0.05, 0.1) is 15.6 Å². The molecule has 0 aliphatic carbocycles. The standard InChI is InChI=1S/C12H10ClN3O3/c1-7-4-10(14)12(15-6-7)19-11-3-2-8(16(17)18)5-9(11)13/h2-6H,14H2,1H3. The van der Waals surface area contributed by atoms with Crippen LogP contribution in [0.25, 0.3) is 0 Å². The number of aryl methyl sites for hydroxylation is 1. The molecule has 6 nitrogen and oxygen atoms in total. The summed E-state index contributed by atoms with van der Waals surface area (Å²) in [7, 11) is 0. The molecule has 0 atom stereocenters. The maximum atomic E-state index is 10.6. The second-order valence-electron chi connectivity index (χ2n) is 3.88. The summed E-state index contributed by atoms with van der Waals surface area (Å²) in [5, 5.41) is 10.7. The van der Waals surface area contributed by atoms with Gasteiger partial charge in [-0.05, 0) is 24.6 Å². The Morgan fingerprint density at radius 2 is 2.16 bits per heavy atom. The third-order valence-electron chi connectivity index (χ3n) is 2.35. The van der Waals surface area contributed by atoms with Gasteiger partial charge in [-0.2, -0.15) is 0 Å². The van der Waals surface area contributed by atoms with Crippen LogP contribution in [0, 0.1) is 17.0 Å². The lowest BCUT2D eigenvalue weighted by Gasteiger charge is -2.08. The van der Waals surface area contributed by atoms with Crippen LogP contribution in [0.15, 0.2) is 30.5 Å². The first-order chi connectivity index (χ1) is 8.97. The van der Waals surface area contributed by atoms with Crippen LogP contribution in [-0.4, -0.2) is 9.91 Å². The van der Waals surface area contributed by atoms with Crippen LogP contribution in [0.3, 0.4) is 0 Å². The van der Waals surface area contributed by atoms with Crippen LogP contribution in [0.4, 0.5) is 11.4 Å². The molecule has 7 heteroatoms. The molecule has 0 saturated carbocycles. The van der Waals surface area contributed by atoms with E-state index in [1.165, 1.54) is 18.2 Å². The van der Waals surface area contributed by atoms with E-state index in [9.17, 15) is 10.1 Å². The summed E-state index contributed by atoms with van der Waals surface area (Å²) in [6.07, 6.45) is 1.60. The highest BCUT2D eigenvalue weighted by molar-refractivity contribution is 6.32. The summed E-state index contributed by atoms with van der Waals surface area (Å²) in [5.74, 6) is 0.469. The smallest absolute Gasteiger partial charge is 0.271 e. The largest absolute Gasteiger partial charge is 0.435 e. The molecular formula is C12H10ClN3O3. The van der Waals surface area contributed by atoms with Crippen molar-refractivity contribution in [2.45, 2.75) is 6.92 Å². The Balaban J connectivity index is 2.31. The highest BCUT2D eigenvalue weighted by Crippen LogP contribution is 2.33. The molecule has 0 bridgehead atoms. The van der Waals surface area contributed by atoms with E-state index in [2.05, 4.69) is 4.98 Å². The third kappa shape index (κ3) is 2.92. The quantitative estimate of drug-likeness (QED) is 0.687. The number of benzene rings is 1. The Labute approximate surface area is 113 Å². The fourth-order valence-electron chi connectivity index (χ4n) is 1.45. The molecule has 2 aromatic rings. The molecule has 2 rings (SSSR count). The van der Waals surface area contributed by atoms with Crippen LogP contribution >= 0.6 is 11.6 Å². The highest BCUT2D eigenvalue weighted by atomic mass is 35.5. The van der Waals surface area contributed by atoms with E-state index in [1.807, 2.05) is 6.92 Å². The number of nitrogens with two attached hydrogens (primary N) is 1. The zero-order valence-electron chi connectivity index (χ0n) is 9.96. The van der Waals surface area contributed by atoms with Crippen molar-refractivity contribution in [1.29, 1.82) is 0 Å². The zero-order chi connectivity index (χ0) is 14.0. The Kier molecular flexibility index (Phi) is 3.52. The van der Waals surface area contributed by atoms with Gasteiger partial charge in [-0.15, -0.1) is 0 Å². The number of nitrogens with zero attached hydrogens (tertiary/aromatic N) is 2. The van der Waals surface area contributed by atoms with Gasteiger partial charge in [-0.3, -0.25) is 10.1 Å². The monoisotopic (exact) mass is 279 g/mol. The second kappa shape index (κ2) is 5.11. The molecule has 0 radical (unpaired) electrons. The minimum atomic E-state index is -0.534. The SMILES string of the molecule is Cc1cnc(Oc2ccc([N+](=O)[O-])cc2Cl)c(N)c1. The van der Waals surface area contributed by atoms with E-state index in [0.29, 0.717) is 5.69 Å². The van der Waals surface area contributed by atoms with Crippen LogP contribution in [0.5, 0.6) is 11.6 Å². The number of ether oxygens (including phenoxy) is 1. The van der Waals surface area contributed by atoms with Crippen molar-refractivity contribution in [1.82, 2.24) is 4.98 Å². The molecule has 0 saturated heterocycles. The minimum Gasteiger partial charge on any atom is -0.435 e. The summed E-state index contributed by atoms with van der Waals surface area (Å²) < 4.78 is 5.44. The van der Waals surface area contributed by atoms with Crippen molar-refractivity contribution in [3.05, 3.63) is 51.2 Å². The molecule has 0 unspecified atom stereocenters. The first-order valence-electron chi connectivity index (χ1n) is 5.31. The number of aromatic nitrogens is 1. The topological polar surface area (TPSA) is 91.3 Å². The Hall–Kier alpha value is -2.34. The number of anilines is 1. The van der Waals surface area contributed by atoms with Crippen molar-refractivity contribution >= 4 is 23.0 Å². The molecule has 1 heterocycles. The lowest BCUT2D eigenvalue weighted by atomic mass is 10.3. The normalized spacial score (nSPS) is 10.2. The average Bonchev–Trinajstić information content (AvgIpc) is 2.34. The number of halogens is 1. The molecule has 98 valence electrons. The number of non-ortho nitro benzene ring substituents is 1. The number of nitrogen functional groups attached to an aromatic ring is 1.